The van der Waals surface area contributed by atoms with Gasteiger partial charge in [-0.3, -0.25) is 0 Å². The van der Waals surface area contributed by atoms with Gasteiger partial charge >= 0.3 is 4.71 Å². The fourth-order valence-electron chi connectivity index (χ4n) is 0.803. The first-order valence-corrected chi connectivity index (χ1v) is 4.64. The van der Waals surface area contributed by atoms with Crippen molar-refractivity contribution in [2.75, 3.05) is 0 Å². The van der Waals surface area contributed by atoms with E-state index in [1.807, 2.05) is 0 Å². The molecule has 0 aliphatic rings. The highest BCUT2D eigenvalue weighted by Gasteiger charge is 2.26. The third-order valence-corrected chi connectivity index (χ3v) is 2.18. The van der Waals surface area contributed by atoms with Crippen LogP contribution in [0.2, 0.25) is 0 Å². The maximum atomic E-state index is 12.3. The molecule has 0 N–H and O–H groups in total. The number of aliphatic imine (C=N–C) groups is 1. The van der Waals surface area contributed by atoms with Gasteiger partial charge in [0.15, 0.2) is 0 Å². The molecule has 0 radical (unpaired) electrons. The minimum atomic E-state index is -3.36. The third kappa shape index (κ3) is 3.87. The number of halogens is 3. The molecule has 0 saturated heterocycles. The van der Waals surface area contributed by atoms with Crippen LogP contribution < -0.4 is 0 Å². The van der Waals surface area contributed by atoms with Crippen molar-refractivity contribution in [2.45, 2.75) is 9.61 Å². The summed E-state index contributed by atoms with van der Waals surface area (Å²) in [6.45, 7) is 0. The Hall–Kier alpha value is -0.900. The number of thioether (sulfide) groups is 1. The molecule has 0 aliphatic carbocycles. The minimum absolute atomic E-state index is 0.183. The molecule has 0 bridgehead atoms. The van der Waals surface area contributed by atoms with E-state index < -0.39 is 4.71 Å². The molecule has 0 aromatic heterocycles. The number of isocyanates is 1. The Morgan fingerprint density at radius 2 is 2.21 bits per heavy atom. The third-order valence-electron chi connectivity index (χ3n) is 1.23. The molecule has 0 unspecified atom stereocenters. The van der Waals surface area contributed by atoms with Gasteiger partial charge in [0.2, 0.25) is 6.08 Å². The second-order valence-electron chi connectivity index (χ2n) is 2.25. The van der Waals surface area contributed by atoms with Crippen molar-refractivity contribution in [1.29, 1.82) is 0 Å². The molecule has 74 valence electrons. The first-order chi connectivity index (χ1) is 6.51. The van der Waals surface area contributed by atoms with Gasteiger partial charge in [-0.2, -0.15) is 13.8 Å². The molecule has 0 saturated carbocycles. The quantitative estimate of drug-likeness (QED) is 0.347. The summed E-state index contributed by atoms with van der Waals surface area (Å²) < 4.78 is 21.3. The van der Waals surface area contributed by atoms with E-state index in [1.165, 1.54) is 30.3 Å². The lowest BCUT2D eigenvalue weighted by Crippen LogP contribution is -1.96. The maximum Gasteiger partial charge on any atom is 0.375 e. The molecule has 1 aromatic rings. The number of hydrogen-bond donors (Lipinski definition) is 0. The summed E-state index contributed by atoms with van der Waals surface area (Å²) in [5.41, 5.74) is 0.269. The van der Waals surface area contributed by atoms with Crippen molar-refractivity contribution >= 4 is 35.1 Å². The van der Waals surface area contributed by atoms with Crippen molar-refractivity contribution in [3.63, 3.8) is 0 Å². The molecule has 0 aliphatic heterocycles. The van der Waals surface area contributed by atoms with E-state index in [0.717, 1.165) is 0 Å². The van der Waals surface area contributed by atoms with Crippen molar-refractivity contribution in [3.8, 4) is 0 Å². The second-order valence-corrected chi connectivity index (χ2v) is 4.14. The van der Waals surface area contributed by atoms with E-state index in [0.29, 0.717) is 0 Å². The minimum Gasteiger partial charge on any atom is -0.211 e. The Labute approximate surface area is 88.0 Å². The van der Waals surface area contributed by atoms with Gasteiger partial charge in [-0.15, -0.1) is 0 Å². The highest BCUT2D eigenvalue weighted by Crippen LogP contribution is 2.39. The van der Waals surface area contributed by atoms with E-state index in [1.54, 1.807) is 0 Å². The lowest BCUT2D eigenvalue weighted by molar-refractivity contribution is 0.203. The topological polar surface area (TPSA) is 29.4 Å². The van der Waals surface area contributed by atoms with Crippen molar-refractivity contribution in [3.05, 3.63) is 24.3 Å². The van der Waals surface area contributed by atoms with Gasteiger partial charge in [0.1, 0.15) is 0 Å². The number of hydrogen-bond acceptors (Lipinski definition) is 3. The predicted molar refractivity (Wildman–Crippen MR) is 50.9 cm³/mol. The van der Waals surface area contributed by atoms with Crippen LogP contribution in [0.1, 0.15) is 0 Å². The van der Waals surface area contributed by atoms with Crippen molar-refractivity contribution in [2.24, 2.45) is 4.99 Å². The van der Waals surface area contributed by atoms with Crippen LogP contribution in [0.4, 0.5) is 14.5 Å². The van der Waals surface area contributed by atoms with Gasteiger partial charge in [-0.05, 0) is 41.6 Å². The zero-order chi connectivity index (χ0) is 10.6. The van der Waals surface area contributed by atoms with Gasteiger partial charge in [-0.25, -0.2) is 4.79 Å². The van der Waals surface area contributed by atoms with Crippen LogP contribution in [0.3, 0.4) is 0 Å². The SMILES string of the molecule is O=C=Nc1cccc(SC(F)(F)Cl)c1. The zero-order valence-corrected chi connectivity index (χ0v) is 8.28. The average Bonchev–Trinajstić information content (AvgIpc) is 2.02. The fourth-order valence-corrected chi connectivity index (χ4v) is 1.66. The van der Waals surface area contributed by atoms with Gasteiger partial charge in [-0.1, -0.05) is 6.07 Å². The van der Waals surface area contributed by atoms with Crippen LogP contribution in [0.15, 0.2) is 34.2 Å². The highest BCUT2D eigenvalue weighted by molar-refractivity contribution is 8.01. The van der Waals surface area contributed by atoms with Crippen molar-refractivity contribution < 1.29 is 13.6 Å². The summed E-state index contributed by atoms with van der Waals surface area (Å²) in [7, 11) is 0. The smallest absolute Gasteiger partial charge is 0.211 e. The summed E-state index contributed by atoms with van der Waals surface area (Å²) in [5.74, 6) is 0. The molecule has 14 heavy (non-hydrogen) atoms. The molecule has 0 fully saturated rings. The highest BCUT2D eigenvalue weighted by atomic mass is 35.5. The van der Waals surface area contributed by atoms with Crippen LogP contribution in [0.25, 0.3) is 0 Å². The molecule has 1 rings (SSSR count). The first-order valence-electron chi connectivity index (χ1n) is 3.45. The maximum absolute atomic E-state index is 12.3. The molecule has 2 nitrogen and oxygen atoms in total. The molecular weight excluding hydrogens is 232 g/mol. The normalized spacial score (nSPS) is 10.8. The lowest BCUT2D eigenvalue weighted by Gasteiger charge is -2.06. The molecule has 0 amide bonds. The molecular formula is C8H4ClF2NOS. The van der Waals surface area contributed by atoms with Gasteiger partial charge in [0.05, 0.1) is 5.69 Å². The van der Waals surface area contributed by atoms with Crippen LogP contribution in [-0.2, 0) is 4.79 Å². The Bertz CT molecular complexity index is 374. The Balaban J connectivity index is 2.89. The fraction of sp³-hybridized carbons (Fsp3) is 0.125. The summed E-state index contributed by atoms with van der Waals surface area (Å²) in [5, 5.41) is 0. The number of benzene rings is 1. The van der Waals surface area contributed by atoms with E-state index in [9.17, 15) is 13.6 Å². The van der Waals surface area contributed by atoms with Crippen LogP contribution in [-0.4, -0.2) is 10.8 Å². The first kappa shape index (κ1) is 11.2. The molecule has 0 heterocycles. The molecule has 6 heteroatoms. The van der Waals surface area contributed by atoms with Crippen molar-refractivity contribution in [1.82, 2.24) is 0 Å². The summed E-state index contributed by atoms with van der Waals surface area (Å²) in [4.78, 5) is 13.4. The standard InChI is InChI=1S/C8H4ClF2NOS/c9-8(10,11)14-7-3-1-2-6(4-7)12-5-13/h1-4H. The largest absolute Gasteiger partial charge is 0.375 e. The number of rotatable bonds is 3. The lowest BCUT2D eigenvalue weighted by atomic mass is 10.3. The average molecular weight is 236 g/mol. The summed E-state index contributed by atoms with van der Waals surface area (Å²) in [6, 6.07) is 5.78. The van der Waals surface area contributed by atoms with Crippen LogP contribution >= 0.6 is 23.4 Å². The second kappa shape index (κ2) is 4.55. The molecule has 0 atom stereocenters. The predicted octanol–water partition coefficient (Wildman–Crippen LogP) is 3.54. The zero-order valence-electron chi connectivity index (χ0n) is 6.71. The van der Waals surface area contributed by atoms with Gasteiger partial charge in [0, 0.05) is 4.90 Å². The van der Waals surface area contributed by atoms with Gasteiger partial charge in [0.25, 0.3) is 0 Å². The Kier molecular flexibility index (Phi) is 3.63. The van der Waals surface area contributed by atoms with E-state index >= 15 is 0 Å². The number of nitrogens with zero attached hydrogens (tertiary/aromatic N) is 1. The van der Waals surface area contributed by atoms with E-state index in [2.05, 4.69) is 4.99 Å². The van der Waals surface area contributed by atoms with Crippen LogP contribution in [0, 0.1) is 0 Å². The Morgan fingerprint density at radius 1 is 1.50 bits per heavy atom. The number of alkyl halides is 3. The van der Waals surface area contributed by atoms with E-state index in [-0.39, 0.29) is 22.3 Å². The molecule has 0 spiro atoms. The number of carbonyl (C=O) groups excluding carboxylic acids is 1. The summed E-state index contributed by atoms with van der Waals surface area (Å²) in [6.07, 6.45) is 1.32. The van der Waals surface area contributed by atoms with E-state index in [4.69, 9.17) is 11.6 Å². The monoisotopic (exact) mass is 235 g/mol. The van der Waals surface area contributed by atoms with Crippen LogP contribution in [0.5, 0.6) is 0 Å². The Morgan fingerprint density at radius 3 is 2.79 bits per heavy atom. The summed E-state index contributed by atoms with van der Waals surface area (Å²) >= 11 is 4.90. The van der Waals surface area contributed by atoms with Gasteiger partial charge < -0.3 is 0 Å². The molecule has 1 aromatic carbocycles.